The van der Waals surface area contributed by atoms with Crippen molar-refractivity contribution >= 4 is 29.9 Å². The summed E-state index contributed by atoms with van der Waals surface area (Å²) in [5.74, 6) is 1.93. The van der Waals surface area contributed by atoms with Crippen LogP contribution in [0.3, 0.4) is 0 Å². The Kier molecular flexibility index (Phi) is 10.9. The minimum Gasteiger partial charge on any atom is -0.469 e. The van der Waals surface area contributed by atoms with Gasteiger partial charge in [-0.15, -0.1) is 24.0 Å². The molecule has 2 aliphatic rings. The average molecular weight is 558 g/mol. The summed E-state index contributed by atoms with van der Waals surface area (Å²) >= 11 is 0. The van der Waals surface area contributed by atoms with Crippen molar-refractivity contribution in [2.45, 2.75) is 44.9 Å². The summed E-state index contributed by atoms with van der Waals surface area (Å²) < 4.78 is 49.4. The van der Waals surface area contributed by atoms with Gasteiger partial charge in [0.2, 0.25) is 0 Å². The van der Waals surface area contributed by atoms with E-state index in [-0.39, 0.29) is 36.0 Å². The quantitative estimate of drug-likeness (QED) is 0.284. The van der Waals surface area contributed by atoms with Crippen LogP contribution in [0.15, 0.2) is 27.8 Å². The minimum absolute atomic E-state index is 0. The summed E-state index contributed by atoms with van der Waals surface area (Å²) in [7, 11) is 0. The Hall–Kier alpha value is -1.01. The monoisotopic (exact) mass is 558 g/mol. The van der Waals surface area contributed by atoms with Gasteiger partial charge in [-0.3, -0.25) is 9.89 Å². The molecule has 0 spiro atoms. The topological polar surface area (TPSA) is 53.2 Å². The van der Waals surface area contributed by atoms with Gasteiger partial charge < -0.3 is 19.4 Å². The maximum Gasteiger partial charge on any atom is 0.401 e. The summed E-state index contributed by atoms with van der Waals surface area (Å²) in [6, 6.07) is 3.81. The summed E-state index contributed by atoms with van der Waals surface area (Å²) in [4.78, 5) is 8.44. The molecule has 6 nitrogen and oxygen atoms in total. The SMILES string of the molecule is CCN(CC1CCN(C(=NCC2CCCO2)NCCc2ccco2)C1)CC(F)(F)F.I. The van der Waals surface area contributed by atoms with E-state index in [1.54, 1.807) is 13.2 Å². The summed E-state index contributed by atoms with van der Waals surface area (Å²) in [6.07, 6.45) is 1.37. The Morgan fingerprint density at radius 3 is 2.84 bits per heavy atom. The Labute approximate surface area is 199 Å². The average Bonchev–Trinajstić information content (AvgIpc) is 3.45. The molecule has 2 unspecified atom stereocenters. The van der Waals surface area contributed by atoms with Crippen LogP contribution in [0.4, 0.5) is 13.2 Å². The molecule has 31 heavy (non-hydrogen) atoms. The van der Waals surface area contributed by atoms with E-state index in [1.807, 2.05) is 12.1 Å². The molecule has 2 aliphatic heterocycles. The second-order valence-electron chi connectivity index (χ2n) is 8.10. The number of hydrogen-bond acceptors (Lipinski definition) is 4. The fraction of sp³-hybridized carbons (Fsp3) is 0.762. The van der Waals surface area contributed by atoms with Gasteiger partial charge in [0.05, 0.1) is 25.5 Å². The molecule has 1 aromatic rings. The van der Waals surface area contributed by atoms with Gasteiger partial charge in [0, 0.05) is 39.2 Å². The van der Waals surface area contributed by atoms with Crippen LogP contribution in [0.2, 0.25) is 0 Å². The molecule has 0 aliphatic carbocycles. The fourth-order valence-corrected chi connectivity index (χ4v) is 4.09. The minimum atomic E-state index is -4.16. The Balaban J connectivity index is 0.00000341. The number of rotatable bonds is 9. The molecule has 2 fully saturated rings. The van der Waals surface area contributed by atoms with Crippen LogP contribution in [-0.4, -0.2) is 80.5 Å². The van der Waals surface area contributed by atoms with Gasteiger partial charge in [-0.2, -0.15) is 13.2 Å². The Morgan fingerprint density at radius 1 is 1.35 bits per heavy atom. The van der Waals surface area contributed by atoms with E-state index in [1.165, 1.54) is 4.90 Å². The van der Waals surface area contributed by atoms with Gasteiger partial charge in [0.15, 0.2) is 5.96 Å². The lowest BCUT2D eigenvalue weighted by Gasteiger charge is -2.26. The molecule has 3 heterocycles. The molecule has 3 rings (SSSR count). The molecule has 0 bridgehead atoms. The largest absolute Gasteiger partial charge is 0.469 e. The molecule has 0 radical (unpaired) electrons. The zero-order chi connectivity index (χ0) is 21.4. The molecule has 2 saturated heterocycles. The number of furan rings is 1. The van der Waals surface area contributed by atoms with Crippen molar-refractivity contribution < 1.29 is 22.3 Å². The fourth-order valence-electron chi connectivity index (χ4n) is 4.09. The third kappa shape index (κ3) is 9.17. The molecule has 1 aromatic heterocycles. The van der Waals surface area contributed by atoms with Crippen LogP contribution in [0.25, 0.3) is 0 Å². The van der Waals surface area contributed by atoms with Crippen LogP contribution in [-0.2, 0) is 11.2 Å². The van der Waals surface area contributed by atoms with Crippen molar-refractivity contribution in [3.8, 4) is 0 Å². The highest BCUT2D eigenvalue weighted by atomic mass is 127. The Bertz CT molecular complexity index is 652. The molecule has 178 valence electrons. The number of ether oxygens (including phenoxy) is 1. The number of guanidine groups is 1. The highest BCUT2D eigenvalue weighted by Crippen LogP contribution is 2.22. The molecule has 0 aromatic carbocycles. The van der Waals surface area contributed by atoms with E-state index >= 15 is 0 Å². The zero-order valence-corrected chi connectivity index (χ0v) is 20.4. The molecule has 0 saturated carbocycles. The molecular weight excluding hydrogens is 524 g/mol. The number of halogens is 4. The number of nitrogens with zero attached hydrogens (tertiary/aromatic N) is 3. The van der Waals surface area contributed by atoms with Crippen molar-refractivity contribution in [3.63, 3.8) is 0 Å². The van der Waals surface area contributed by atoms with Crippen molar-refractivity contribution in [1.29, 1.82) is 0 Å². The van der Waals surface area contributed by atoms with Crippen molar-refractivity contribution in [3.05, 3.63) is 24.2 Å². The van der Waals surface area contributed by atoms with Gasteiger partial charge in [-0.05, 0) is 43.9 Å². The number of hydrogen-bond donors (Lipinski definition) is 1. The lowest BCUT2D eigenvalue weighted by Crippen LogP contribution is -2.42. The lowest BCUT2D eigenvalue weighted by molar-refractivity contribution is -0.146. The standard InChI is InChI=1S/C21H33F3N4O2.HI/c1-2-27(16-21(22,23)24)14-17-8-10-28(15-17)20(26-13-19-6-4-12-30-19)25-9-7-18-5-3-11-29-18;/h3,5,11,17,19H,2,4,6-10,12-16H2,1H3,(H,25,26);1H. The van der Waals surface area contributed by atoms with Gasteiger partial charge in [-0.25, -0.2) is 0 Å². The first-order valence-corrected chi connectivity index (χ1v) is 10.9. The maximum absolute atomic E-state index is 12.8. The third-order valence-corrected chi connectivity index (χ3v) is 5.66. The second kappa shape index (κ2) is 12.9. The van der Waals surface area contributed by atoms with Gasteiger partial charge in [0.25, 0.3) is 0 Å². The number of nitrogens with one attached hydrogen (secondary N) is 1. The molecule has 0 amide bonds. The molecule has 1 N–H and O–H groups in total. The van der Waals surface area contributed by atoms with E-state index in [2.05, 4.69) is 10.2 Å². The van der Waals surface area contributed by atoms with Gasteiger partial charge >= 0.3 is 6.18 Å². The number of likely N-dealkylation sites (tertiary alicyclic amines) is 1. The summed E-state index contributed by atoms with van der Waals surface area (Å²) in [6.45, 7) is 5.39. The maximum atomic E-state index is 12.8. The number of aliphatic imine (C=N–C) groups is 1. The summed E-state index contributed by atoms with van der Waals surface area (Å²) in [5.41, 5.74) is 0. The Morgan fingerprint density at radius 2 is 2.19 bits per heavy atom. The van der Waals surface area contributed by atoms with Crippen LogP contribution in [0.5, 0.6) is 0 Å². The molecular formula is C21H34F3IN4O2. The molecule has 2 atom stereocenters. The van der Waals surface area contributed by atoms with Gasteiger partial charge in [-0.1, -0.05) is 6.92 Å². The van der Waals surface area contributed by atoms with Crippen LogP contribution >= 0.6 is 24.0 Å². The normalized spacial score (nSPS) is 22.2. The van der Waals surface area contributed by atoms with E-state index in [4.69, 9.17) is 14.1 Å². The first-order chi connectivity index (χ1) is 14.4. The highest BCUT2D eigenvalue weighted by Gasteiger charge is 2.33. The van der Waals surface area contributed by atoms with E-state index in [0.29, 0.717) is 32.7 Å². The smallest absolute Gasteiger partial charge is 0.401 e. The van der Waals surface area contributed by atoms with Crippen LogP contribution in [0.1, 0.15) is 31.9 Å². The van der Waals surface area contributed by atoms with E-state index < -0.39 is 12.7 Å². The first-order valence-electron chi connectivity index (χ1n) is 10.9. The third-order valence-electron chi connectivity index (χ3n) is 5.66. The van der Waals surface area contributed by atoms with Gasteiger partial charge in [0.1, 0.15) is 5.76 Å². The van der Waals surface area contributed by atoms with Crippen molar-refractivity contribution in [1.82, 2.24) is 15.1 Å². The first kappa shape index (κ1) is 26.2. The predicted molar refractivity (Wildman–Crippen MR) is 125 cm³/mol. The van der Waals surface area contributed by atoms with E-state index in [9.17, 15) is 13.2 Å². The number of alkyl halides is 3. The van der Waals surface area contributed by atoms with E-state index in [0.717, 1.165) is 50.6 Å². The van der Waals surface area contributed by atoms with Crippen molar-refractivity contribution in [2.24, 2.45) is 10.9 Å². The zero-order valence-electron chi connectivity index (χ0n) is 18.1. The second-order valence-corrected chi connectivity index (χ2v) is 8.10. The lowest BCUT2D eigenvalue weighted by atomic mass is 10.1. The van der Waals surface area contributed by atoms with Crippen LogP contribution in [0, 0.1) is 5.92 Å². The highest BCUT2D eigenvalue weighted by molar-refractivity contribution is 14.0. The predicted octanol–water partition coefficient (Wildman–Crippen LogP) is 3.77. The molecule has 10 heteroatoms. The van der Waals surface area contributed by atoms with Crippen molar-refractivity contribution in [2.75, 3.05) is 52.4 Å². The summed E-state index contributed by atoms with van der Waals surface area (Å²) in [5, 5.41) is 3.42. The van der Waals surface area contributed by atoms with Crippen LogP contribution < -0.4 is 5.32 Å².